The first-order chi connectivity index (χ1) is 13.3. The number of carbonyl (C=O) groups is 1. The number of methoxy groups -OCH3 is 2. The van der Waals surface area contributed by atoms with E-state index in [9.17, 15) is 14.9 Å². The fourth-order valence-electron chi connectivity index (χ4n) is 2.51. The first-order valence-electron chi connectivity index (χ1n) is 8.29. The minimum atomic E-state index is -0.556. The number of halogens is 1. The minimum absolute atomic E-state index is 0.0698. The number of amides is 1. The lowest BCUT2D eigenvalue weighted by Crippen LogP contribution is -2.31. The summed E-state index contributed by atoms with van der Waals surface area (Å²) in [6.07, 6.45) is 0. The standard InChI is InChI=1S/C19H21ClN2O6/c1-12-7-17(26-3)18(27-4)8-13(12)10-21(2)19(23)11-28-16-6-5-14(22(24)25)9-15(16)20/h5-9H,10-11H2,1-4H3. The molecule has 0 unspecified atom stereocenters. The summed E-state index contributed by atoms with van der Waals surface area (Å²) in [7, 11) is 4.76. The van der Waals surface area contributed by atoms with Crippen molar-refractivity contribution < 1.29 is 23.9 Å². The van der Waals surface area contributed by atoms with Crippen molar-refractivity contribution in [1.29, 1.82) is 0 Å². The summed E-state index contributed by atoms with van der Waals surface area (Å²) >= 11 is 5.97. The van der Waals surface area contributed by atoms with Gasteiger partial charge in [-0.1, -0.05) is 11.6 Å². The Labute approximate surface area is 167 Å². The van der Waals surface area contributed by atoms with Gasteiger partial charge >= 0.3 is 0 Å². The van der Waals surface area contributed by atoms with Crippen LogP contribution in [0.4, 0.5) is 5.69 Å². The van der Waals surface area contributed by atoms with Gasteiger partial charge in [0.25, 0.3) is 11.6 Å². The fraction of sp³-hybridized carbons (Fsp3) is 0.316. The SMILES string of the molecule is COc1cc(C)c(CN(C)C(=O)COc2ccc([N+](=O)[O-])cc2Cl)cc1OC. The molecule has 2 rings (SSSR count). The monoisotopic (exact) mass is 408 g/mol. The molecular formula is C19H21ClN2O6. The number of nitro benzene ring substituents is 1. The van der Waals surface area contributed by atoms with Crippen LogP contribution in [-0.2, 0) is 11.3 Å². The molecule has 0 radical (unpaired) electrons. The van der Waals surface area contributed by atoms with E-state index in [2.05, 4.69) is 0 Å². The van der Waals surface area contributed by atoms with Crippen LogP contribution in [0, 0.1) is 17.0 Å². The highest BCUT2D eigenvalue weighted by atomic mass is 35.5. The van der Waals surface area contributed by atoms with Gasteiger partial charge in [0.2, 0.25) is 0 Å². The molecule has 28 heavy (non-hydrogen) atoms. The van der Waals surface area contributed by atoms with Crippen LogP contribution in [0.25, 0.3) is 0 Å². The number of ether oxygens (including phenoxy) is 3. The molecule has 0 aliphatic heterocycles. The van der Waals surface area contributed by atoms with Crippen LogP contribution in [0.5, 0.6) is 17.2 Å². The quantitative estimate of drug-likeness (QED) is 0.489. The second-order valence-corrected chi connectivity index (χ2v) is 6.45. The van der Waals surface area contributed by atoms with Gasteiger partial charge in [-0.25, -0.2) is 0 Å². The highest BCUT2D eigenvalue weighted by Gasteiger charge is 2.16. The molecule has 0 aliphatic rings. The zero-order valence-corrected chi connectivity index (χ0v) is 16.8. The molecule has 0 spiro atoms. The summed E-state index contributed by atoms with van der Waals surface area (Å²) in [4.78, 5) is 24.1. The van der Waals surface area contributed by atoms with Crippen molar-refractivity contribution in [3.8, 4) is 17.2 Å². The van der Waals surface area contributed by atoms with Crippen LogP contribution in [0.2, 0.25) is 5.02 Å². The molecule has 0 atom stereocenters. The topological polar surface area (TPSA) is 91.1 Å². The van der Waals surface area contributed by atoms with Crippen LogP contribution in [-0.4, -0.2) is 43.6 Å². The van der Waals surface area contributed by atoms with Gasteiger partial charge in [-0.3, -0.25) is 14.9 Å². The second kappa shape index (κ2) is 9.27. The summed E-state index contributed by atoms with van der Waals surface area (Å²) in [6.45, 7) is 2.02. The molecule has 2 aromatic carbocycles. The molecule has 0 fully saturated rings. The zero-order chi connectivity index (χ0) is 20.8. The number of hydrogen-bond donors (Lipinski definition) is 0. The van der Waals surface area contributed by atoms with Crippen molar-refractivity contribution in [3.05, 3.63) is 56.6 Å². The maximum Gasteiger partial charge on any atom is 0.271 e. The highest BCUT2D eigenvalue weighted by molar-refractivity contribution is 6.32. The van der Waals surface area contributed by atoms with Crippen molar-refractivity contribution in [2.24, 2.45) is 0 Å². The number of carbonyl (C=O) groups excluding carboxylic acids is 1. The summed E-state index contributed by atoms with van der Waals surface area (Å²) in [6, 6.07) is 7.48. The van der Waals surface area contributed by atoms with Gasteiger partial charge in [0, 0.05) is 25.7 Å². The lowest BCUT2D eigenvalue weighted by molar-refractivity contribution is -0.384. The van der Waals surface area contributed by atoms with E-state index in [0.29, 0.717) is 18.0 Å². The molecule has 8 nitrogen and oxygen atoms in total. The van der Waals surface area contributed by atoms with E-state index in [4.69, 9.17) is 25.8 Å². The Bertz CT molecular complexity index is 887. The van der Waals surface area contributed by atoms with E-state index in [1.54, 1.807) is 21.3 Å². The van der Waals surface area contributed by atoms with Gasteiger partial charge in [0.05, 0.1) is 24.2 Å². The molecule has 0 aliphatic carbocycles. The third kappa shape index (κ3) is 5.04. The average molecular weight is 409 g/mol. The van der Waals surface area contributed by atoms with Gasteiger partial charge in [-0.05, 0) is 36.2 Å². The van der Waals surface area contributed by atoms with Crippen LogP contribution >= 0.6 is 11.6 Å². The second-order valence-electron chi connectivity index (χ2n) is 6.04. The van der Waals surface area contributed by atoms with Crippen molar-refractivity contribution in [1.82, 2.24) is 4.90 Å². The number of rotatable bonds is 8. The molecule has 150 valence electrons. The van der Waals surface area contributed by atoms with Gasteiger partial charge in [-0.2, -0.15) is 0 Å². The van der Waals surface area contributed by atoms with Crippen LogP contribution < -0.4 is 14.2 Å². The van der Waals surface area contributed by atoms with E-state index in [1.807, 2.05) is 19.1 Å². The number of non-ortho nitro benzene ring substituents is 1. The maximum absolute atomic E-state index is 12.4. The predicted octanol–water partition coefficient (Wildman–Crippen LogP) is 3.61. The Morgan fingerprint density at radius 1 is 1.14 bits per heavy atom. The molecule has 0 bridgehead atoms. The molecule has 1 amide bonds. The van der Waals surface area contributed by atoms with Crippen LogP contribution in [0.15, 0.2) is 30.3 Å². The third-order valence-electron chi connectivity index (χ3n) is 4.15. The van der Waals surface area contributed by atoms with Crippen molar-refractivity contribution in [3.63, 3.8) is 0 Å². The Hall–Kier alpha value is -3.00. The number of benzene rings is 2. The van der Waals surface area contributed by atoms with Gasteiger partial charge in [-0.15, -0.1) is 0 Å². The van der Waals surface area contributed by atoms with E-state index < -0.39 is 4.92 Å². The van der Waals surface area contributed by atoms with Crippen LogP contribution in [0.3, 0.4) is 0 Å². The number of nitrogens with zero attached hydrogens (tertiary/aromatic N) is 2. The molecular weight excluding hydrogens is 388 g/mol. The summed E-state index contributed by atoms with van der Waals surface area (Å²) in [5.74, 6) is 1.13. The number of aryl methyl sites for hydroxylation is 1. The molecule has 0 saturated carbocycles. The Balaban J connectivity index is 2.03. The zero-order valence-electron chi connectivity index (χ0n) is 16.0. The largest absolute Gasteiger partial charge is 0.493 e. The first-order valence-corrected chi connectivity index (χ1v) is 8.66. The van der Waals surface area contributed by atoms with E-state index in [0.717, 1.165) is 11.1 Å². The molecule has 0 heterocycles. The Morgan fingerprint density at radius 2 is 1.79 bits per heavy atom. The normalized spacial score (nSPS) is 10.3. The summed E-state index contributed by atoms with van der Waals surface area (Å²) < 4.78 is 16.0. The lowest BCUT2D eigenvalue weighted by atomic mass is 10.1. The van der Waals surface area contributed by atoms with E-state index in [1.165, 1.54) is 23.1 Å². The molecule has 0 aromatic heterocycles. The van der Waals surface area contributed by atoms with E-state index in [-0.39, 0.29) is 29.0 Å². The maximum atomic E-state index is 12.4. The summed E-state index contributed by atoms with van der Waals surface area (Å²) in [5.41, 5.74) is 1.71. The Morgan fingerprint density at radius 3 is 2.36 bits per heavy atom. The lowest BCUT2D eigenvalue weighted by Gasteiger charge is -2.20. The fourth-order valence-corrected chi connectivity index (χ4v) is 2.74. The number of nitro groups is 1. The van der Waals surface area contributed by atoms with E-state index >= 15 is 0 Å². The predicted molar refractivity (Wildman–Crippen MR) is 104 cm³/mol. The smallest absolute Gasteiger partial charge is 0.271 e. The molecule has 9 heteroatoms. The first kappa shape index (κ1) is 21.3. The molecule has 2 aromatic rings. The molecule has 0 saturated heterocycles. The number of hydrogen-bond acceptors (Lipinski definition) is 6. The third-order valence-corrected chi connectivity index (χ3v) is 4.45. The highest BCUT2D eigenvalue weighted by Crippen LogP contribution is 2.31. The van der Waals surface area contributed by atoms with Crippen molar-refractivity contribution in [2.45, 2.75) is 13.5 Å². The van der Waals surface area contributed by atoms with Gasteiger partial charge in [0.15, 0.2) is 18.1 Å². The van der Waals surface area contributed by atoms with Crippen LogP contribution in [0.1, 0.15) is 11.1 Å². The van der Waals surface area contributed by atoms with Crippen molar-refractivity contribution >= 4 is 23.2 Å². The average Bonchev–Trinajstić information content (AvgIpc) is 2.67. The number of likely N-dealkylation sites (N-methyl/N-ethyl adjacent to an activating group) is 1. The van der Waals surface area contributed by atoms with Crippen molar-refractivity contribution in [2.75, 3.05) is 27.9 Å². The Kier molecular flexibility index (Phi) is 7.06. The summed E-state index contributed by atoms with van der Waals surface area (Å²) in [5, 5.41) is 10.8. The van der Waals surface area contributed by atoms with Gasteiger partial charge in [0.1, 0.15) is 5.75 Å². The van der Waals surface area contributed by atoms with Gasteiger partial charge < -0.3 is 19.1 Å². The minimum Gasteiger partial charge on any atom is -0.493 e. The molecule has 0 N–H and O–H groups in total.